The van der Waals surface area contributed by atoms with Crippen LogP contribution in [0.1, 0.15) is 12.8 Å². The van der Waals surface area contributed by atoms with Crippen LogP contribution in [0.3, 0.4) is 0 Å². The van der Waals surface area contributed by atoms with Gasteiger partial charge in [0.2, 0.25) is 5.95 Å². The number of nitro benzene ring substituents is 1. The minimum absolute atomic E-state index is 0.00626. The van der Waals surface area contributed by atoms with E-state index in [1.54, 1.807) is 0 Å². The monoisotopic (exact) mass is 286 g/mol. The molecule has 1 fully saturated rings. The highest BCUT2D eigenvalue weighted by molar-refractivity contribution is 5.80. The fourth-order valence-electron chi connectivity index (χ4n) is 2.00. The topological polar surface area (TPSA) is 83.8 Å². The number of H-pyrrole nitrogens is 1. The summed E-state index contributed by atoms with van der Waals surface area (Å²) in [4.78, 5) is 16.6. The lowest BCUT2D eigenvalue weighted by atomic mass is 10.3. The Balaban J connectivity index is 1.92. The van der Waals surface area contributed by atoms with Crippen LogP contribution >= 0.6 is 0 Å². The Hall–Kier alpha value is -2.32. The van der Waals surface area contributed by atoms with Crippen molar-refractivity contribution in [1.82, 2.24) is 9.97 Å². The van der Waals surface area contributed by atoms with Gasteiger partial charge in [0.25, 0.3) is 5.69 Å². The number of non-ortho nitro benzene ring substituents is 1. The molecule has 3 rings (SSSR count). The first-order valence-corrected chi connectivity index (χ1v) is 5.80. The predicted octanol–water partition coefficient (Wildman–Crippen LogP) is 2.98. The normalized spacial score (nSPS) is 17.1. The number of imidazole rings is 1. The molecule has 106 valence electrons. The van der Waals surface area contributed by atoms with Crippen molar-refractivity contribution in [2.24, 2.45) is 0 Å². The van der Waals surface area contributed by atoms with Crippen molar-refractivity contribution in [3.8, 4) is 0 Å². The third-order valence-electron chi connectivity index (χ3n) is 3.33. The average molecular weight is 286 g/mol. The van der Waals surface area contributed by atoms with E-state index in [2.05, 4.69) is 15.3 Å². The van der Waals surface area contributed by atoms with Crippen molar-refractivity contribution in [2.45, 2.75) is 24.6 Å². The molecule has 1 saturated carbocycles. The summed E-state index contributed by atoms with van der Waals surface area (Å²) >= 11 is 0. The molecule has 0 atom stereocenters. The molecule has 20 heavy (non-hydrogen) atoms. The molecule has 0 unspecified atom stereocenters. The van der Waals surface area contributed by atoms with Gasteiger partial charge >= 0.3 is 6.18 Å². The molecule has 1 aliphatic carbocycles. The molecule has 1 heterocycles. The molecule has 6 nitrogen and oxygen atoms in total. The Morgan fingerprint density at radius 2 is 2.10 bits per heavy atom. The van der Waals surface area contributed by atoms with E-state index in [0.29, 0.717) is 11.0 Å². The first-order valence-electron chi connectivity index (χ1n) is 5.80. The largest absolute Gasteiger partial charge is 0.411 e. The smallest absolute Gasteiger partial charge is 0.342 e. The number of nitrogens with zero attached hydrogens (tertiary/aromatic N) is 2. The Morgan fingerprint density at radius 3 is 2.65 bits per heavy atom. The first-order chi connectivity index (χ1) is 9.31. The van der Waals surface area contributed by atoms with Gasteiger partial charge in [-0.05, 0) is 18.9 Å². The second-order valence-corrected chi connectivity index (χ2v) is 4.75. The van der Waals surface area contributed by atoms with Crippen molar-refractivity contribution in [3.63, 3.8) is 0 Å². The van der Waals surface area contributed by atoms with E-state index >= 15 is 0 Å². The summed E-state index contributed by atoms with van der Waals surface area (Å²) in [6, 6.07) is 3.88. The number of hydrogen-bond donors (Lipinski definition) is 2. The molecule has 0 radical (unpaired) electrons. The van der Waals surface area contributed by atoms with Crippen LogP contribution in [0.4, 0.5) is 24.8 Å². The quantitative estimate of drug-likeness (QED) is 0.671. The molecule has 9 heteroatoms. The highest BCUT2D eigenvalue weighted by atomic mass is 19.4. The van der Waals surface area contributed by atoms with Gasteiger partial charge in [0, 0.05) is 12.1 Å². The minimum Gasteiger partial charge on any atom is -0.342 e. The summed E-state index contributed by atoms with van der Waals surface area (Å²) in [5.41, 5.74) is -1.38. The fourth-order valence-corrected chi connectivity index (χ4v) is 2.00. The Morgan fingerprint density at radius 1 is 1.40 bits per heavy atom. The summed E-state index contributed by atoms with van der Waals surface area (Å²) in [6.45, 7) is 0. The molecule has 0 saturated heterocycles. The lowest BCUT2D eigenvalue weighted by molar-refractivity contribution is -0.384. The molecule has 0 bridgehead atoms. The number of aromatic nitrogens is 2. The van der Waals surface area contributed by atoms with Crippen LogP contribution < -0.4 is 5.32 Å². The first kappa shape index (κ1) is 12.7. The number of halogens is 3. The molecule has 2 N–H and O–H groups in total. The maximum atomic E-state index is 12.8. The number of aromatic amines is 1. The van der Waals surface area contributed by atoms with Crippen molar-refractivity contribution >= 4 is 22.7 Å². The Labute approximate surface area is 110 Å². The van der Waals surface area contributed by atoms with Gasteiger partial charge in [-0.3, -0.25) is 10.1 Å². The summed E-state index contributed by atoms with van der Waals surface area (Å²) in [7, 11) is 0. The van der Waals surface area contributed by atoms with Crippen LogP contribution in [-0.4, -0.2) is 26.6 Å². The van der Waals surface area contributed by atoms with Gasteiger partial charge in [0.1, 0.15) is 5.54 Å². The Kier molecular flexibility index (Phi) is 2.44. The zero-order valence-corrected chi connectivity index (χ0v) is 9.99. The molecule has 1 aliphatic rings. The zero-order chi connectivity index (χ0) is 14.5. The number of nitro groups is 1. The Bertz CT molecular complexity index is 691. The number of fused-ring (bicyclic) bond motifs is 1. The highest BCUT2D eigenvalue weighted by Crippen LogP contribution is 2.50. The number of alkyl halides is 3. The number of nitrogens with one attached hydrogen (secondary N) is 2. The predicted molar refractivity (Wildman–Crippen MR) is 64.4 cm³/mol. The maximum absolute atomic E-state index is 12.8. The number of anilines is 1. The molecule has 0 amide bonds. The van der Waals surface area contributed by atoms with Gasteiger partial charge in [-0.1, -0.05) is 0 Å². The molecular weight excluding hydrogens is 277 g/mol. The van der Waals surface area contributed by atoms with Crippen LogP contribution in [0.5, 0.6) is 0 Å². The van der Waals surface area contributed by atoms with Gasteiger partial charge < -0.3 is 10.3 Å². The van der Waals surface area contributed by atoms with Gasteiger partial charge in [0.05, 0.1) is 16.0 Å². The maximum Gasteiger partial charge on any atom is 0.411 e. The fraction of sp³-hybridized carbons (Fsp3) is 0.364. The van der Waals surface area contributed by atoms with E-state index in [9.17, 15) is 23.3 Å². The van der Waals surface area contributed by atoms with Crippen molar-refractivity contribution < 1.29 is 18.1 Å². The minimum atomic E-state index is -4.35. The average Bonchev–Trinajstić information content (AvgIpc) is 3.02. The lowest BCUT2D eigenvalue weighted by Crippen LogP contribution is -2.38. The van der Waals surface area contributed by atoms with E-state index in [-0.39, 0.29) is 24.5 Å². The van der Waals surface area contributed by atoms with Gasteiger partial charge in [-0.15, -0.1) is 0 Å². The summed E-state index contributed by atoms with van der Waals surface area (Å²) in [5.74, 6) is -0.0321. The van der Waals surface area contributed by atoms with Crippen LogP contribution in [0.2, 0.25) is 0 Å². The standard InChI is InChI=1S/C11H9F3N4O2/c12-11(13,14)10(3-4-10)17-9-15-7-2-1-6(18(19)20)5-8(7)16-9/h1-2,5H,3-4H2,(H2,15,16,17). The number of benzene rings is 1. The number of hydrogen-bond acceptors (Lipinski definition) is 4. The highest BCUT2D eigenvalue weighted by Gasteiger charge is 2.64. The van der Waals surface area contributed by atoms with Gasteiger partial charge in [-0.2, -0.15) is 13.2 Å². The van der Waals surface area contributed by atoms with Crippen LogP contribution in [0.15, 0.2) is 18.2 Å². The van der Waals surface area contributed by atoms with Crippen LogP contribution in [-0.2, 0) is 0 Å². The van der Waals surface area contributed by atoms with Crippen LogP contribution in [0, 0.1) is 10.1 Å². The van der Waals surface area contributed by atoms with E-state index in [0.717, 1.165) is 0 Å². The molecule has 1 aromatic carbocycles. The van der Waals surface area contributed by atoms with Gasteiger partial charge in [0.15, 0.2) is 0 Å². The molecule has 0 aliphatic heterocycles. The van der Waals surface area contributed by atoms with Gasteiger partial charge in [-0.25, -0.2) is 4.98 Å². The van der Waals surface area contributed by atoms with E-state index in [1.807, 2.05) is 0 Å². The van der Waals surface area contributed by atoms with E-state index in [4.69, 9.17) is 0 Å². The zero-order valence-electron chi connectivity index (χ0n) is 9.99. The molecule has 1 aromatic heterocycles. The van der Waals surface area contributed by atoms with E-state index < -0.39 is 16.6 Å². The lowest BCUT2D eigenvalue weighted by Gasteiger charge is -2.19. The molecule has 0 spiro atoms. The number of rotatable bonds is 3. The molecule has 2 aromatic rings. The molecular formula is C11H9F3N4O2. The van der Waals surface area contributed by atoms with Crippen molar-refractivity contribution in [1.29, 1.82) is 0 Å². The second-order valence-electron chi connectivity index (χ2n) is 4.75. The summed E-state index contributed by atoms with van der Waals surface area (Å²) in [5, 5.41) is 13.0. The third-order valence-corrected chi connectivity index (χ3v) is 3.33. The summed E-state index contributed by atoms with van der Waals surface area (Å²) < 4.78 is 38.4. The van der Waals surface area contributed by atoms with E-state index in [1.165, 1.54) is 18.2 Å². The van der Waals surface area contributed by atoms with Crippen molar-refractivity contribution in [2.75, 3.05) is 5.32 Å². The van der Waals surface area contributed by atoms with Crippen molar-refractivity contribution in [3.05, 3.63) is 28.3 Å². The SMILES string of the molecule is O=[N+]([O-])c1ccc2nc(NC3(C(F)(F)F)CC3)[nH]c2c1. The third kappa shape index (κ3) is 1.95. The second kappa shape index (κ2) is 3.84. The van der Waals surface area contributed by atoms with Crippen LogP contribution in [0.25, 0.3) is 11.0 Å². The summed E-state index contributed by atoms with van der Waals surface area (Å²) in [6.07, 6.45) is -4.36.